The largest absolute Gasteiger partial charge is 0.371 e. The molecule has 2 aromatic carbocycles. The van der Waals surface area contributed by atoms with E-state index in [2.05, 4.69) is 51.6 Å². The highest BCUT2D eigenvalue weighted by atomic mass is 16.1. The summed E-state index contributed by atoms with van der Waals surface area (Å²) in [5, 5.41) is 5.51. The fourth-order valence-corrected chi connectivity index (χ4v) is 3.89. The van der Waals surface area contributed by atoms with Crippen molar-refractivity contribution in [3.8, 4) is 0 Å². The third kappa shape index (κ3) is 4.27. The maximum Gasteiger partial charge on any atom is 0.224 e. The van der Waals surface area contributed by atoms with E-state index in [1.54, 1.807) is 0 Å². The van der Waals surface area contributed by atoms with Crippen LogP contribution in [-0.2, 0) is 11.2 Å². The number of rotatable bonds is 5. The number of nitrogens with one attached hydrogen (secondary N) is 1. The number of carbonyl (C=O) groups is 1. The summed E-state index contributed by atoms with van der Waals surface area (Å²) in [5.74, 6) is 0.669. The van der Waals surface area contributed by atoms with E-state index in [9.17, 15) is 4.79 Å². The lowest BCUT2D eigenvalue weighted by molar-refractivity contribution is -0.120. The number of piperidine rings is 1. The third-order valence-electron chi connectivity index (χ3n) is 5.46. The average Bonchev–Trinajstić information content (AvgIpc) is 2.74. The molecule has 0 atom stereocenters. The summed E-state index contributed by atoms with van der Waals surface area (Å²) in [5.41, 5.74) is 2.33. The highest BCUT2D eigenvalue weighted by Gasteiger charge is 2.20. The minimum absolute atomic E-state index is 0.114. The predicted octanol–water partition coefficient (Wildman–Crippen LogP) is 3.81. The van der Waals surface area contributed by atoms with E-state index < -0.39 is 0 Å². The number of benzene rings is 2. The van der Waals surface area contributed by atoms with E-state index in [1.807, 2.05) is 30.6 Å². The molecule has 0 aliphatic carbocycles. The van der Waals surface area contributed by atoms with Gasteiger partial charge < -0.3 is 10.2 Å². The van der Waals surface area contributed by atoms with E-state index in [1.165, 1.54) is 16.5 Å². The zero-order valence-electron chi connectivity index (χ0n) is 15.5. The Balaban J connectivity index is 1.28. The molecule has 1 aliphatic rings. The van der Waals surface area contributed by atoms with Crippen molar-refractivity contribution in [1.29, 1.82) is 0 Å². The Labute approximate surface area is 160 Å². The molecule has 4 nitrogen and oxygen atoms in total. The van der Waals surface area contributed by atoms with Crippen LogP contribution in [0.3, 0.4) is 0 Å². The molecule has 1 saturated heterocycles. The molecule has 138 valence electrons. The maximum atomic E-state index is 12.5. The fourth-order valence-electron chi connectivity index (χ4n) is 3.89. The van der Waals surface area contributed by atoms with Crippen molar-refractivity contribution in [3.05, 3.63) is 72.6 Å². The molecule has 0 saturated carbocycles. The van der Waals surface area contributed by atoms with E-state index in [4.69, 9.17) is 0 Å². The molecule has 0 unspecified atom stereocenters. The zero-order valence-corrected chi connectivity index (χ0v) is 15.5. The molecule has 0 bridgehead atoms. The second-order valence-electron chi connectivity index (χ2n) is 7.25. The van der Waals surface area contributed by atoms with Crippen molar-refractivity contribution in [2.24, 2.45) is 5.92 Å². The summed E-state index contributed by atoms with van der Waals surface area (Å²) in [6.07, 6.45) is 6.34. The first-order valence-corrected chi connectivity index (χ1v) is 9.68. The third-order valence-corrected chi connectivity index (χ3v) is 5.46. The average molecular weight is 359 g/mol. The quantitative estimate of drug-likeness (QED) is 0.753. The number of anilines is 1. The minimum Gasteiger partial charge on any atom is -0.371 e. The zero-order chi connectivity index (χ0) is 18.5. The molecule has 4 rings (SSSR count). The van der Waals surface area contributed by atoms with Gasteiger partial charge in [0.1, 0.15) is 0 Å². The molecule has 1 amide bonds. The molecule has 27 heavy (non-hydrogen) atoms. The Morgan fingerprint density at radius 3 is 2.56 bits per heavy atom. The molecule has 1 aliphatic heterocycles. The van der Waals surface area contributed by atoms with Crippen LogP contribution in [0, 0.1) is 5.92 Å². The number of hydrogen-bond acceptors (Lipinski definition) is 3. The van der Waals surface area contributed by atoms with Gasteiger partial charge in [0, 0.05) is 37.7 Å². The topological polar surface area (TPSA) is 45.2 Å². The Morgan fingerprint density at radius 2 is 1.74 bits per heavy atom. The molecule has 0 spiro atoms. The smallest absolute Gasteiger partial charge is 0.224 e. The molecule has 2 heterocycles. The van der Waals surface area contributed by atoms with Crippen LogP contribution >= 0.6 is 0 Å². The maximum absolute atomic E-state index is 12.5. The fraction of sp³-hybridized carbons (Fsp3) is 0.304. The van der Waals surface area contributed by atoms with Crippen molar-refractivity contribution in [2.45, 2.75) is 19.3 Å². The second kappa shape index (κ2) is 8.21. The number of amides is 1. The van der Waals surface area contributed by atoms with E-state index in [0.29, 0.717) is 12.3 Å². The highest BCUT2D eigenvalue weighted by Crippen LogP contribution is 2.22. The van der Waals surface area contributed by atoms with Gasteiger partial charge in [-0.2, -0.15) is 0 Å². The van der Waals surface area contributed by atoms with Crippen molar-refractivity contribution in [2.75, 3.05) is 24.5 Å². The van der Waals surface area contributed by atoms with Crippen LogP contribution in [0.25, 0.3) is 10.8 Å². The van der Waals surface area contributed by atoms with Crippen LogP contribution in [0.4, 0.5) is 5.69 Å². The van der Waals surface area contributed by atoms with Crippen LogP contribution in [0.5, 0.6) is 0 Å². The molecular weight excluding hydrogens is 334 g/mol. The monoisotopic (exact) mass is 359 g/mol. The van der Waals surface area contributed by atoms with E-state index in [-0.39, 0.29) is 5.91 Å². The summed E-state index contributed by atoms with van der Waals surface area (Å²) in [6.45, 7) is 2.84. The molecule has 4 heteroatoms. The van der Waals surface area contributed by atoms with Crippen molar-refractivity contribution in [3.63, 3.8) is 0 Å². The van der Waals surface area contributed by atoms with Gasteiger partial charge in [-0.1, -0.05) is 42.5 Å². The first-order valence-electron chi connectivity index (χ1n) is 9.68. The number of aromatic nitrogens is 1. The second-order valence-corrected chi connectivity index (χ2v) is 7.25. The lowest BCUT2D eigenvalue weighted by Gasteiger charge is -2.33. The lowest BCUT2D eigenvalue weighted by atomic mass is 9.96. The van der Waals surface area contributed by atoms with Gasteiger partial charge in [0.25, 0.3) is 0 Å². The summed E-state index contributed by atoms with van der Waals surface area (Å²) >= 11 is 0. The van der Waals surface area contributed by atoms with Gasteiger partial charge in [-0.15, -0.1) is 0 Å². The van der Waals surface area contributed by atoms with Gasteiger partial charge in [0.15, 0.2) is 0 Å². The Hall–Kier alpha value is -2.88. The van der Waals surface area contributed by atoms with Crippen LogP contribution in [-0.4, -0.2) is 30.5 Å². The van der Waals surface area contributed by atoms with E-state index >= 15 is 0 Å². The standard InChI is InChI=1S/C23H25N3O/c27-23(16-20-6-3-5-19-4-1-2-7-22(19)20)25-17-18-10-14-26(15-11-18)21-8-12-24-13-9-21/h1-9,12-13,18H,10-11,14-17H2,(H,25,27). The van der Waals surface area contributed by atoms with Gasteiger partial charge >= 0.3 is 0 Å². The number of hydrogen-bond donors (Lipinski definition) is 1. The highest BCUT2D eigenvalue weighted by molar-refractivity contribution is 5.90. The van der Waals surface area contributed by atoms with Crippen molar-refractivity contribution in [1.82, 2.24) is 10.3 Å². The van der Waals surface area contributed by atoms with Gasteiger partial charge in [-0.05, 0) is 47.2 Å². The lowest BCUT2D eigenvalue weighted by Crippen LogP contribution is -2.39. The number of carbonyl (C=O) groups excluding carboxylic acids is 1. The van der Waals surface area contributed by atoms with Gasteiger partial charge in [0.05, 0.1) is 6.42 Å². The molecule has 1 aromatic heterocycles. The molecule has 1 fully saturated rings. The van der Waals surface area contributed by atoms with Crippen LogP contribution in [0.2, 0.25) is 0 Å². The Kier molecular flexibility index (Phi) is 5.33. The van der Waals surface area contributed by atoms with Crippen LogP contribution in [0.1, 0.15) is 18.4 Å². The van der Waals surface area contributed by atoms with Gasteiger partial charge in [-0.25, -0.2) is 0 Å². The Morgan fingerprint density at radius 1 is 1.00 bits per heavy atom. The first kappa shape index (κ1) is 17.5. The predicted molar refractivity (Wildman–Crippen MR) is 110 cm³/mol. The number of fused-ring (bicyclic) bond motifs is 1. The summed E-state index contributed by atoms with van der Waals surface area (Å²) in [4.78, 5) is 18.9. The summed E-state index contributed by atoms with van der Waals surface area (Å²) in [6, 6.07) is 18.5. The summed E-state index contributed by atoms with van der Waals surface area (Å²) < 4.78 is 0. The number of pyridine rings is 1. The molecule has 0 radical (unpaired) electrons. The van der Waals surface area contributed by atoms with Gasteiger partial charge in [0.2, 0.25) is 5.91 Å². The molecular formula is C23H25N3O. The van der Waals surface area contributed by atoms with E-state index in [0.717, 1.165) is 38.0 Å². The van der Waals surface area contributed by atoms with Crippen LogP contribution < -0.4 is 10.2 Å². The van der Waals surface area contributed by atoms with Gasteiger partial charge in [-0.3, -0.25) is 9.78 Å². The van der Waals surface area contributed by atoms with Crippen molar-refractivity contribution < 1.29 is 4.79 Å². The molecule has 1 N–H and O–H groups in total. The number of nitrogens with zero attached hydrogens (tertiary/aromatic N) is 2. The van der Waals surface area contributed by atoms with Crippen LogP contribution in [0.15, 0.2) is 67.0 Å². The minimum atomic E-state index is 0.114. The normalized spacial score (nSPS) is 15.0. The summed E-state index contributed by atoms with van der Waals surface area (Å²) in [7, 11) is 0. The van der Waals surface area contributed by atoms with Crippen molar-refractivity contribution >= 4 is 22.4 Å². The first-order chi connectivity index (χ1) is 13.3. The SMILES string of the molecule is O=C(Cc1cccc2ccccc12)NCC1CCN(c2ccncc2)CC1. The Bertz CT molecular complexity index is 896. The molecule has 3 aromatic rings.